The molecule has 2 rings (SSSR count). The van der Waals surface area contributed by atoms with Crippen molar-refractivity contribution in [2.45, 2.75) is 0 Å². The Morgan fingerprint density at radius 3 is 2.15 bits per heavy atom. The first-order chi connectivity index (χ1) is 12.3. The summed E-state index contributed by atoms with van der Waals surface area (Å²) >= 11 is 9.17. The number of ether oxygens (including phenoxy) is 2. The predicted octanol–water partition coefficient (Wildman–Crippen LogP) is 3.83. The molecule has 2 aromatic carbocycles. The van der Waals surface area contributed by atoms with E-state index >= 15 is 0 Å². The van der Waals surface area contributed by atoms with Crippen LogP contribution in [-0.4, -0.2) is 44.5 Å². The summed E-state index contributed by atoms with van der Waals surface area (Å²) in [6.45, 7) is -0.109. The number of nitrogens with one attached hydrogen (secondary N) is 1. The maximum absolute atomic E-state index is 12.6. The van der Waals surface area contributed by atoms with Gasteiger partial charge in [-0.3, -0.25) is 9.59 Å². The fourth-order valence-corrected chi connectivity index (χ4v) is 2.91. The van der Waals surface area contributed by atoms with Crippen molar-refractivity contribution in [2.75, 3.05) is 33.1 Å². The monoisotopic (exact) mass is 440 g/mol. The molecule has 0 spiro atoms. The summed E-state index contributed by atoms with van der Waals surface area (Å²) < 4.78 is 11.1. The lowest BCUT2D eigenvalue weighted by atomic mass is 10.1. The molecule has 0 unspecified atom stereocenters. The Bertz CT molecular complexity index is 786. The quantitative estimate of drug-likeness (QED) is 0.740. The van der Waals surface area contributed by atoms with Crippen LogP contribution >= 0.6 is 27.5 Å². The Morgan fingerprint density at radius 2 is 1.65 bits per heavy atom. The number of hydrogen-bond donors (Lipinski definition) is 1. The lowest BCUT2D eigenvalue weighted by molar-refractivity contribution is -0.116. The fraction of sp³-hybridized carbons (Fsp3) is 0.222. The van der Waals surface area contributed by atoms with Crippen molar-refractivity contribution in [1.82, 2.24) is 4.90 Å². The minimum atomic E-state index is -0.333. The molecule has 26 heavy (non-hydrogen) atoms. The van der Waals surface area contributed by atoms with Crippen LogP contribution in [0.4, 0.5) is 5.69 Å². The summed E-state index contributed by atoms with van der Waals surface area (Å²) in [5.41, 5.74) is 0.955. The second kappa shape index (κ2) is 8.91. The minimum Gasteiger partial charge on any atom is -0.495 e. The average molecular weight is 442 g/mol. The highest BCUT2D eigenvalue weighted by atomic mass is 79.9. The molecule has 0 fully saturated rings. The number of carbonyl (C=O) groups is 2. The van der Waals surface area contributed by atoms with Crippen molar-refractivity contribution in [2.24, 2.45) is 0 Å². The van der Waals surface area contributed by atoms with Gasteiger partial charge in [-0.1, -0.05) is 11.6 Å². The zero-order valence-electron chi connectivity index (χ0n) is 14.5. The zero-order chi connectivity index (χ0) is 19.3. The number of carbonyl (C=O) groups excluding carboxylic acids is 2. The van der Waals surface area contributed by atoms with Crippen molar-refractivity contribution >= 4 is 45.0 Å². The van der Waals surface area contributed by atoms with Gasteiger partial charge in [-0.05, 0) is 52.3 Å². The fourth-order valence-electron chi connectivity index (χ4n) is 2.23. The number of anilines is 1. The van der Waals surface area contributed by atoms with E-state index in [1.165, 1.54) is 19.1 Å². The van der Waals surface area contributed by atoms with Gasteiger partial charge in [0.2, 0.25) is 5.91 Å². The molecule has 0 atom stereocenters. The molecule has 0 heterocycles. The van der Waals surface area contributed by atoms with Gasteiger partial charge in [0.05, 0.1) is 20.8 Å². The Hall–Kier alpha value is -2.25. The maximum Gasteiger partial charge on any atom is 0.254 e. The van der Waals surface area contributed by atoms with Crippen LogP contribution in [0.2, 0.25) is 5.02 Å². The number of halogens is 2. The van der Waals surface area contributed by atoms with Gasteiger partial charge in [-0.2, -0.15) is 0 Å². The lowest BCUT2D eigenvalue weighted by Crippen LogP contribution is -2.35. The third kappa shape index (κ3) is 4.89. The van der Waals surface area contributed by atoms with Crippen LogP contribution in [0.25, 0.3) is 0 Å². The van der Waals surface area contributed by atoms with E-state index in [1.54, 1.807) is 43.4 Å². The van der Waals surface area contributed by atoms with E-state index in [0.717, 1.165) is 0 Å². The van der Waals surface area contributed by atoms with Crippen molar-refractivity contribution in [3.05, 3.63) is 51.5 Å². The molecule has 0 radical (unpaired) electrons. The molecule has 0 aliphatic rings. The minimum absolute atomic E-state index is 0.109. The smallest absolute Gasteiger partial charge is 0.254 e. The van der Waals surface area contributed by atoms with Crippen LogP contribution in [0, 0.1) is 0 Å². The highest BCUT2D eigenvalue weighted by Crippen LogP contribution is 2.35. The van der Waals surface area contributed by atoms with E-state index in [-0.39, 0.29) is 18.4 Å². The van der Waals surface area contributed by atoms with Crippen LogP contribution in [-0.2, 0) is 4.79 Å². The van der Waals surface area contributed by atoms with E-state index in [1.807, 2.05) is 0 Å². The maximum atomic E-state index is 12.6. The Kier molecular flexibility index (Phi) is 6.88. The van der Waals surface area contributed by atoms with E-state index in [0.29, 0.717) is 32.2 Å². The van der Waals surface area contributed by atoms with Gasteiger partial charge in [0.1, 0.15) is 16.0 Å². The molecule has 0 aromatic heterocycles. The molecule has 1 N–H and O–H groups in total. The molecule has 0 saturated heterocycles. The van der Waals surface area contributed by atoms with E-state index in [9.17, 15) is 9.59 Å². The van der Waals surface area contributed by atoms with Crippen molar-refractivity contribution in [1.29, 1.82) is 0 Å². The van der Waals surface area contributed by atoms with E-state index < -0.39 is 0 Å². The first-order valence-corrected chi connectivity index (χ1v) is 8.75. The second-order valence-electron chi connectivity index (χ2n) is 5.41. The molecular formula is C18H18BrClN2O4. The topological polar surface area (TPSA) is 67.9 Å². The second-order valence-corrected chi connectivity index (χ2v) is 6.64. The van der Waals surface area contributed by atoms with Gasteiger partial charge in [0.15, 0.2) is 0 Å². The SMILES string of the molecule is COc1cc(C(=O)N(C)CC(=O)Nc2ccc(Cl)cc2)cc(OC)c1Br. The first kappa shape index (κ1) is 20.1. The summed E-state index contributed by atoms with van der Waals surface area (Å²) in [7, 11) is 4.54. The number of hydrogen-bond acceptors (Lipinski definition) is 4. The molecule has 0 saturated carbocycles. The average Bonchev–Trinajstić information content (AvgIpc) is 2.63. The van der Waals surface area contributed by atoms with Crippen LogP contribution in [0.1, 0.15) is 10.4 Å². The summed E-state index contributed by atoms with van der Waals surface area (Å²) in [5.74, 6) is 0.276. The number of likely N-dealkylation sites (N-methyl/N-ethyl adjacent to an activating group) is 1. The molecule has 2 amide bonds. The Balaban J connectivity index is 2.09. The van der Waals surface area contributed by atoms with Gasteiger partial charge in [0.25, 0.3) is 5.91 Å². The first-order valence-electron chi connectivity index (χ1n) is 7.58. The third-order valence-electron chi connectivity index (χ3n) is 3.55. The molecule has 6 nitrogen and oxygen atoms in total. The normalized spacial score (nSPS) is 10.2. The number of nitrogens with zero attached hydrogens (tertiary/aromatic N) is 1. The van der Waals surface area contributed by atoms with Crippen molar-refractivity contribution in [3.8, 4) is 11.5 Å². The summed E-state index contributed by atoms with van der Waals surface area (Å²) in [6, 6.07) is 9.89. The summed E-state index contributed by atoms with van der Waals surface area (Å²) in [4.78, 5) is 26.1. The molecular weight excluding hydrogens is 424 g/mol. The summed E-state index contributed by atoms with van der Waals surface area (Å²) in [6.07, 6.45) is 0. The van der Waals surface area contributed by atoms with Crippen LogP contribution in [0.5, 0.6) is 11.5 Å². The molecule has 0 aliphatic heterocycles. The van der Waals surface area contributed by atoms with Gasteiger partial charge in [-0.25, -0.2) is 0 Å². The van der Waals surface area contributed by atoms with Crippen molar-refractivity contribution in [3.63, 3.8) is 0 Å². The van der Waals surface area contributed by atoms with Crippen LogP contribution in [0.15, 0.2) is 40.9 Å². The number of rotatable bonds is 6. The zero-order valence-corrected chi connectivity index (χ0v) is 16.8. The van der Waals surface area contributed by atoms with E-state index in [2.05, 4.69) is 21.2 Å². The van der Waals surface area contributed by atoms with Crippen LogP contribution < -0.4 is 14.8 Å². The number of benzene rings is 2. The molecule has 0 bridgehead atoms. The lowest BCUT2D eigenvalue weighted by Gasteiger charge is -2.18. The Morgan fingerprint density at radius 1 is 1.12 bits per heavy atom. The largest absolute Gasteiger partial charge is 0.495 e. The highest BCUT2D eigenvalue weighted by Gasteiger charge is 2.19. The Labute approximate surface area is 165 Å². The molecule has 138 valence electrons. The third-order valence-corrected chi connectivity index (χ3v) is 4.58. The standard InChI is InChI=1S/C18H18BrClN2O4/c1-22(10-16(23)21-13-6-4-12(20)5-7-13)18(24)11-8-14(25-2)17(19)15(9-11)26-3/h4-9H,10H2,1-3H3,(H,21,23). The van der Waals surface area contributed by atoms with Gasteiger partial charge in [-0.15, -0.1) is 0 Å². The van der Waals surface area contributed by atoms with E-state index in [4.69, 9.17) is 21.1 Å². The number of amides is 2. The van der Waals surface area contributed by atoms with Gasteiger partial charge < -0.3 is 19.7 Å². The van der Waals surface area contributed by atoms with Gasteiger partial charge >= 0.3 is 0 Å². The predicted molar refractivity (Wildman–Crippen MR) is 104 cm³/mol. The van der Waals surface area contributed by atoms with Gasteiger partial charge in [0, 0.05) is 23.3 Å². The van der Waals surface area contributed by atoms with Crippen LogP contribution in [0.3, 0.4) is 0 Å². The molecule has 2 aromatic rings. The molecule has 8 heteroatoms. The number of methoxy groups -OCH3 is 2. The molecule has 0 aliphatic carbocycles. The highest BCUT2D eigenvalue weighted by molar-refractivity contribution is 9.10. The summed E-state index contributed by atoms with van der Waals surface area (Å²) in [5, 5.41) is 3.29. The van der Waals surface area contributed by atoms with Crippen molar-refractivity contribution < 1.29 is 19.1 Å².